The number of aromatic nitrogens is 2. The van der Waals surface area contributed by atoms with E-state index in [4.69, 9.17) is 4.42 Å². The summed E-state index contributed by atoms with van der Waals surface area (Å²) in [5.41, 5.74) is -0.477. The second kappa shape index (κ2) is 4.28. The molecule has 88 valence electrons. The van der Waals surface area contributed by atoms with E-state index in [1.807, 2.05) is 0 Å². The molecule has 0 aliphatic rings. The Morgan fingerprint density at radius 1 is 1.29 bits per heavy atom. The van der Waals surface area contributed by atoms with E-state index in [9.17, 15) is 13.6 Å². The van der Waals surface area contributed by atoms with Gasteiger partial charge in [0.05, 0.1) is 7.11 Å². The van der Waals surface area contributed by atoms with E-state index in [2.05, 4.69) is 14.9 Å². The predicted molar refractivity (Wildman–Crippen MR) is 51.0 cm³/mol. The van der Waals surface area contributed by atoms with Crippen LogP contribution in [0.3, 0.4) is 0 Å². The molecule has 2 aromatic rings. The first kappa shape index (κ1) is 11.2. The van der Waals surface area contributed by atoms with E-state index in [1.165, 1.54) is 6.07 Å². The number of esters is 1. The van der Waals surface area contributed by atoms with Crippen molar-refractivity contribution in [2.75, 3.05) is 7.11 Å². The third-order valence-corrected chi connectivity index (χ3v) is 1.96. The Morgan fingerprint density at radius 2 is 1.94 bits per heavy atom. The van der Waals surface area contributed by atoms with E-state index in [0.29, 0.717) is 0 Å². The Morgan fingerprint density at radius 3 is 2.53 bits per heavy atom. The number of methoxy groups -OCH3 is 1. The van der Waals surface area contributed by atoms with Gasteiger partial charge in [0, 0.05) is 0 Å². The number of halogens is 2. The molecule has 1 heterocycles. The van der Waals surface area contributed by atoms with E-state index in [0.717, 1.165) is 19.2 Å². The van der Waals surface area contributed by atoms with Crippen LogP contribution in [0.25, 0.3) is 11.5 Å². The van der Waals surface area contributed by atoms with Gasteiger partial charge in [-0.1, -0.05) is 6.07 Å². The zero-order valence-corrected chi connectivity index (χ0v) is 8.61. The Balaban J connectivity index is 2.47. The molecule has 0 spiro atoms. The number of ether oxygens (including phenoxy) is 1. The van der Waals surface area contributed by atoms with Gasteiger partial charge in [-0.3, -0.25) is 0 Å². The lowest BCUT2D eigenvalue weighted by molar-refractivity contribution is 0.0556. The Hall–Kier alpha value is -2.31. The monoisotopic (exact) mass is 240 g/mol. The molecule has 0 aliphatic heterocycles. The molecule has 0 unspecified atom stereocenters. The average Bonchev–Trinajstić information content (AvgIpc) is 2.77. The van der Waals surface area contributed by atoms with Crippen LogP contribution in [0.1, 0.15) is 10.7 Å². The average molecular weight is 240 g/mol. The van der Waals surface area contributed by atoms with Crippen molar-refractivity contribution in [1.29, 1.82) is 0 Å². The van der Waals surface area contributed by atoms with Crippen molar-refractivity contribution in [3.8, 4) is 11.5 Å². The SMILES string of the molecule is COC(=O)c1nnc(-c2c(F)cccc2F)o1. The molecule has 5 nitrogen and oxygen atoms in total. The van der Waals surface area contributed by atoms with Crippen LogP contribution in [0, 0.1) is 11.6 Å². The molecule has 0 saturated carbocycles. The summed E-state index contributed by atoms with van der Waals surface area (Å²) in [4.78, 5) is 11.0. The Labute approximate surface area is 94.0 Å². The minimum Gasteiger partial charge on any atom is -0.462 e. The highest BCUT2D eigenvalue weighted by Gasteiger charge is 2.20. The summed E-state index contributed by atoms with van der Waals surface area (Å²) in [5.74, 6) is -3.47. The minimum absolute atomic E-state index is 0.416. The summed E-state index contributed by atoms with van der Waals surface area (Å²) in [6, 6.07) is 3.28. The van der Waals surface area contributed by atoms with Crippen molar-refractivity contribution in [2.24, 2.45) is 0 Å². The fourth-order valence-corrected chi connectivity index (χ4v) is 1.20. The highest BCUT2D eigenvalue weighted by Crippen LogP contribution is 2.24. The van der Waals surface area contributed by atoms with Crippen LogP contribution >= 0.6 is 0 Å². The van der Waals surface area contributed by atoms with Gasteiger partial charge in [-0.25, -0.2) is 13.6 Å². The van der Waals surface area contributed by atoms with Crippen LogP contribution < -0.4 is 0 Å². The van der Waals surface area contributed by atoms with Crippen molar-refractivity contribution >= 4 is 5.97 Å². The molecule has 2 rings (SSSR count). The molecule has 17 heavy (non-hydrogen) atoms. The van der Waals surface area contributed by atoms with Crippen molar-refractivity contribution in [2.45, 2.75) is 0 Å². The predicted octanol–water partition coefficient (Wildman–Crippen LogP) is 1.80. The molecular weight excluding hydrogens is 234 g/mol. The molecule has 7 heteroatoms. The molecule has 0 aliphatic carbocycles. The van der Waals surface area contributed by atoms with Crippen LogP contribution in [0.4, 0.5) is 8.78 Å². The van der Waals surface area contributed by atoms with Crippen molar-refractivity contribution in [3.05, 3.63) is 35.7 Å². The first-order valence-electron chi connectivity index (χ1n) is 4.49. The number of hydrogen-bond acceptors (Lipinski definition) is 5. The number of hydrogen-bond donors (Lipinski definition) is 0. The smallest absolute Gasteiger partial charge is 0.396 e. The second-order valence-electron chi connectivity index (χ2n) is 3.00. The number of carbonyl (C=O) groups excluding carboxylic acids is 1. The van der Waals surface area contributed by atoms with Crippen LogP contribution in [0.5, 0.6) is 0 Å². The third kappa shape index (κ3) is 1.99. The number of nitrogens with zero attached hydrogens (tertiary/aromatic N) is 2. The number of benzene rings is 1. The van der Waals surface area contributed by atoms with Gasteiger partial charge in [-0.15, -0.1) is 10.2 Å². The molecule has 1 aromatic heterocycles. The Bertz CT molecular complexity index is 548. The third-order valence-electron chi connectivity index (χ3n) is 1.96. The lowest BCUT2D eigenvalue weighted by atomic mass is 10.2. The van der Waals surface area contributed by atoms with Gasteiger partial charge >= 0.3 is 11.9 Å². The molecule has 0 radical (unpaired) electrons. The number of rotatable bonds is 2. The highest BCUT2D eigenvalue weighted by atomic mass is 19.1. The van der Waals surface area contributed by atoms with E-state index in [-0.39, 0.29) is 0 Å². The lowest BCUT2D eigenvalue weighted by Gasteiger charge is -1.98. The molecule has 0 N–H and O–H groups in total. The van der Waals surface area contributed by atoms with E-state index < -0.39 is 34.9 Å². The first-order chi connectivity index (χ1) is 8.13. The van der Waals surface area contributed by atoms with Crippen molar-refractivity contribution in [1.82, 2.24) is 10.2 Å². The van der Waals surface area contributed by atoms with E-state index >= 15 is 0 Å². The fourth-order valence-electron chi connectivity index (χ4n) is 1.20. The summed E-state index contributed by atoms with van der Waals surface area (Å²) < 4.78 is 35.8. The van der Waals surface area contributed by atoms with E-state index in [1.54, 1.807) is 0 Å². The van der Waals surface area contributed by atoms with Crippen LogP contribution in [-0.2, 0) is 4.74 Å². The van der Waals surface area contributed by atoms with Crippen LogP contribution in [-0.4, -0.2) is 23.3 Å². The van der Waals surface area contributed by atoms with Gasteiger partial charge < -0.3 is 9.15 Å². The van der Waals surface area contributed by atoms with Gasteiger partial charge in [0.15, 0.2) is 0 Å². The van der Waals surface area contributed by atoms with Gasteiger partial charge in [0.2, 0.25) is 0 Å². The molecule has 0 bridgehead atoms. The van der Waals surface area contributed by atoms with Gasteiger partial charge in [0.25, 0.3) is 5.89 Å². The van der Waals surface area contributed by atoms with Gasteiger partial charge in [0.1, 0.15) is 17.2 Å². The summed E-state index contributed by atoms with van der Waals surface area (Å²) >= 11 is 0. The first-order valence-corrected chi connectivity index (χ1v) is 4.49. The molecule has 0 saturated heterocycles. The summed E-state index contributed by atoms with van der Waals surface area (Å²) in [6.07, 6.45) is 0. The molecule has 0 fully saturated rings. The standard InChI is InChI=1S/C10H6F2N2O3/c1-16-10(15)9-14-13-8(17-9)7-5(11)3-2-4-6(7)12/h2-4H,1H3. The van der Waals surface area contributed by atoms with Crippen LogP contribution in [0.2, 0.25) is 0 Å². The molecule has 1 aromatic carbocycles. The maximum Gasteiger partial charge on any atom is 0.396 e. The van der Waals surface area contributed by atoms with Crippen LogP contribution in [0.15, 0.2) is 22.6 Å². The lowest BCUT2D eigenvalue weighted by Crippen LogP contribution is -2.00. The largest absolute Gasteiger partial charge is 0.462 e. The number of carbonyl (C=O) groups is 1. The maximum absolute atomic E-state index is 13.3. The molecular formula is C10H6F2N2O3. The van der Waals surface area contributed by atoms with Gasteiger partial charge in [-0.2, -0.15) is 0 Å². The normalized spacial score (nSPS) is 10.3. The fraction of sp³-hybridized carbons (Fsp3) is 0.100. The topological polar surface area (TPSA) is 65.2 Å². The summed E-state index contributed by atoms with van der Waals surface area (Å²) in [7, 11) is 1.12. The molecule has 0 amide bonds. The second-order valence-corrected chi connectivity index (χ2v) is 3.00. The quantitative estimate of drug-likeness (QED) is 0.749. The maximum atomic E-state index is 13.3. The van der Waals surface area contributed by atoms with Crippen molar-refractivity contribution in [3.63, 3.8) is 0 Å². The summed E-state index contributed by atoms with van der Waals surface area (Å²) in [6.45, 7) is 0. The van der Waals surface area contributed by atoms with Gasteiger partial charge in [-0.05, 0) is 12.1 Å². The minimum atomic E-state index is -0.875. The summed E-state index contributed by atoms with van der Waals surface area (Å²) in [5, 5.41) is 6.70. The van der Waals surface area contributed by atoms with Crippen molar-refractivity contribution < 1.29 is 22.7 Å². The highest BCUT2D eigenvalue weighted by molar-refractivity contribution is 5.84. The zero-order valence-electron chi connectivity index (χ0n) is 8.61. The Kier molecular flexibility index (Phi) is 2.82. The zero-order chi connectivity index (χ0) is 12.4. The molecule has 0 atom stereocenters.